The Morgan fingerprint density at radius 3 is 2.62 bits per heavy atom. The van der Waals surface area contributed by atoms with E-state index in [0.717, 1.165) is 23.5 Å². The second-order valence-corrected chi connectivity index (χ2v) is 7.07. The number of methoxy groups -OCH3 is 2. The van der Waals surface area contributed by atoms with E-state index >= 15 is 0 Å². The molecule has 0 aliphatic carbocycles. The fourth-order valence-corrected chi connectivity index (χ4v) is 3.51. The van der Waals surface area contributed by atoms with Crippen LogP contribution in [-0.2, 0) is 6.42 Å². The van der Waals surface area contributed by atoms with Crippen molar-refractivity contribution in [2.75, 3.05) is 41.4 Å². The maximum Gasteiger partial charge on any atom is 0.188 e. The molecule has 1 aromatic heterocycles. The molecule has 142 valence electrons. The van der Waals surface area contributed by atoms with Crippen molar-refractivity contribution in [3.8, 4) is 11.5 Å². The summed E-state index contributed by atoms with van der Waals surface area (Å²) in [6.07, 6.45) is 0.818. The number of hydrogen-bond donors (Lipinski definition) is 2. The number of nitrogens with two attached hydrogens (primary N) is 1. The minimum Gasteiger partial charge on any atom is -0.493 e. The van der Waals surface area contributed by atoms with Gasteiger partial charge in [0.15, 0.2) is 17.5 Å². The van der Waals surface area contributed by atoms with Crippen molar-refractivity contribution in [3.05, 3.63) is 46.2 Å². The molecule has 0 saturated carbocycles. The van der Waals surface area contributed by atoms with Crippen LogP contribution in [0.3, 0.4) is 0 Å². The summed E-state index contributed by atoms with van der Waals surface area (Å²) >= 11 is 1.74. The van der Waals surface area contributed by atoms with E-state index in [1.165, 1.54) is 4.88 Å². The molecule has 0 spiro atoms. The summed E-state index contributed by atoms with van der Waals surface area (Å²) in [4.78, 5) is 7.95. The number of aliphatic imine (C=N–C) groups is 1. The van der Waals surface area contributed by atoms with Crippen LogP contribution in [0.2, 0.25) is 0 Å². The summed E-state index contributed by atoms with van der Waals surface area (Å²) in [6.45, 7) is 1.33. The molecule has 0 saturated heterocycles. The number of hydrogen-bond acceptors (Lipinski definition) is 5. The third-order valence-corrected chi connectivity index (χ3v) is 5.07. The van der Waals surface area contributed by atoms with Gasteiger partial charge in [-0.1, -0.05) is 12.1 Å². The van der Waals surface area contributed by atoms with Crippen molar-refractivity contribution in [2.45, 2.75) is 12.5 Å². The zero-order valence-electron chi connectivity index (χ0n) is 15.9. The van der Waals surface area contributed by atoms with Crippen LogP contribution in [0.4, 0.5) is 0 Å². The van der Waals surface area contributed by atoms with E-state index in [-0.39, 0.29) is 6.04 Å². The molecule has 2 aromatic rings. The Kier molecular flexibility index (Phi) is 7.74. The molecule has 1 unspecified atom stereocenters. The summed E-state index contributed by atoms with van der Waals surface area (Å²) < 4.78 is 10.6. The third-order valence-electron chi connectivity index (χ3n) is 4.10. The molecule has 0 fully saturated rings. The average Bonchev–Trinajstić information content (AvgIpc) is 3.15. The van der Waals surface area contributed by atoms with Gasteiger partial charge in [-0.05, 0) is 49.7 Å². The molecule has 1 aromatic carbocycles. The molecular weight excluding hydrogens is 348 g/mol. The van der Waals surface area contributed by atoms with Crippen molar-refractivity contribution < 1.29 is 9.47 Å². The van der Waals surface area contributed by atoms with Gasteiger partial charge in [0.25, 0.3) is 0 Å². The monoisotopic (exact) mass is 376 g/mol. The summed E-state index contributed by atoms with van der Waals surface area (Å²) in [7, 11) is 7.38. The Morgan fingerprint density at radius 1 is 1.23 bits per heavy atom. The van der Waals surface area contributed by atoms with Gasteiger partial charge in [0.2, 0.25) is 0 Å². The second-order valence-electron chi connectivity index (χ2n) is 6.09. The van der Waals surface area contributed by atoms with Crippen molar-refractivity contribution in [3.63, 3.8) is 0 Å². The smallest absolute Gasteiger partial charge is 0.188 e. The van der Waals surface area contributed by atoms with Crippen LogP contribution in [0.5, 0.6) is 11.5 Å². The van der Waals surface area contributed by atoms with Gasteiger partial charge in [-0.15, -0.1) is 11.3 Å². The molecule has 0 radical (unpaired) electrons. The van der Waals surface area contributed by atoms with Gasteiger partial charge in [0.1, 0.15) is 0 Å². The number of nitrogens with zero attached hydrogens (tertiary/aromatic N) is 2. The number of ether oxygens (including phenoxy) is 2. The first-order valence-corrected chi connectivity index (χ1v) is 9.37. The lowest BCUT2D eigenvalue weighted by molar-refractivity contribution is 0.310. The van der Waals surface area contributed by atoms with Gasteiger partial charge < -0.3 is 25.4 Å². The molecule has 0 bridgehead atoms. The maximum atomic E-state index is 6.02. The number of benzene rings is 1. The fourth-order valence-electron chi connectivity index (χ4n) is 2.60. The van der Waals surface area contributed by atoms with Gasteiger partial charge in [0.05, 0.1) is 26.8 Å². The van der Waals surface area contributed by atoms with Crippen molar-refractivity contribution in [1.29, 1.82) is 0 Å². The van der Waals surface area contributed by atoms with E-state index in [1.807, 2.05) is 18.2 Å². The molecule has 2 rings (SSSR count). The number of thiophene rings is 1. The quantitative estimate of drug-likeness (QED) is 0.520. The van der Waals surface area contributed by atoms with E-state index in [4.69, 9.17) is 15.2 Å². The number of guanidine groups is 1. The van der Waals surface area contributed by atoms with Crippen LogP contribution in [0.25, 0.3) is 0 Å². The average molecular weight is 377 g/mol. The summed E-state index contributed by atoms with van der Waals surface area (Å²) in [5.74, 6) is 1.93. The molecule has 0 aliphatic heterocycles. The summed E-state index contributed by atoms with van der Waals surface area (Å²) in [5.41, 5.74) is 7.17. The lowest BCUT2D eigenvalue weighted by Crippen LogP contribution is -2.34. The number of nitrogens with one attached hydrogen (secondary N) is 1. The van der Waals surface area contributed by atoms with Gasteiger partial charge >= 0.3 is 0 Å². The van der Waals surface area contributed by atoms with Crippen molar-refractivity contribution in [2.24, 2.45) is 10.7 Å². The van der Waals surface area contributed by atoms with E-state index in [0.29, 0.717) is 19.0 Å². The minimum atomic E-state index is 0.237. The first kappa shape index (κ1) is 20.1. The highest BCUT2D eigenvalue weighted by atomic mass is 32.1. The SMILES string of the molecule is COc1ccc(CCNC(N)=NCC(c2cccs2)N(C)C)cc1OC. The molecule has 0 aliphatic rings. The highest BCUT2D eigenvalue weighted by Gasteiger charge is 2.14. The van der Waals surface area contributed by atoms with E-state index < -0.39 is 0 Å². The molecule has 6 nitrogen and oxygen atoms in total. The van der Waals surface area contributed by atoms with Gasteiger partial charge in [-0.25, -0.2) is 0 Å². The van der Waals surface area contributed by atoms with E-state index in [9.17, 15) is 0 Å². The fraction of sp³-hybridized carbons (Fsp3) is 0.421. The standard InChI is InChI=1S/C19H28N4O2S/c1-23(2)15(18-6-5-11-26-18)13-22-19(20)21-10-9-14-7-8-16(24-3)17(12-14)25-4/h5-8,11-12,15H,9-10,13H2,1-4H3,(H3,20,21,22). The predicted octanol–water partition coefficient (Wildman–Crippen LogP) is 2.52. The first-order chi connectivity index (χ1) is 12.5. The third kappa shape index (κ3) is 5.64. The largest absolute Gasteiger partial charge is 0.493 e. The van der Waals surface area contributed by atoms with Gasteiger partial charge in [-0.2, -0.15) is 0 Å². The van der Waals surface area contributed by atoms with Crippen LogP contribution in [0.1, 0.15) is 16.5 Å². The molecule has 3 N–H and O–H groups in total. The summed E-state index contributed by atoms with van der Waals surface area (Å²) in [5, 5.41) is 5.26. The lowest BCUT2D eigenvalue weighted by Gasteiger charge is -2.21. The minimum absolute atomic E-state index is 0.237. The topological polar surface area (TPSA) is 72.1 Å². The van der Waals surface area contributed by atoms with Crippen LogP contribution in [0, 0.1) is 0 Å². The van der Waals surface area contributed by atoms with Gasteiger partial charge in [0, 0.05) is 11.4 Å². The predicted molar refractivity (Wildman–Crippen MR) is 108 cm³/mol. The normalized spacial score (nSPS) is 12.9. The van der Waals surface area contributed by atoms with E-state index in [2.05, 4.69) is 46.8 Å². The zero-order chi connectivity index (χ0) is 18.9. The summed E-state index contributed by atoms with van der Waals surface area (Å²) in [6, 6.07) is 10.3. The van der Waals surface area contributed by atoms with Crippen LogP contribution < -0.4 is 20.5 Å². The molecule has 26 heavy (non-hydrogen) atoms. The van der Waals surface area contributed by atoms with Crippen LogP contribution in [0.15, 0.2) is 40.7 Å². The van der Waals surface area contributed by atoms with Crippen molar-refractivity contribution >= 4 is 17.3 Å². The first-order valence-electron chi connectivity index (χ1n) is 8.49. The molecule has 1 atom stereocenters. The molecule has 7 heteroatoms. The molecule has 1 heterocycles. The Hall–Kier alpha value is -2.25. The highest BCUT2D eigenvalue weighted by molar-refractivity contribution is 7.10. The van der Waals surface area contributed by atoms with Gasteiger partial charge in [-0.3, -0.25) is 4.99 Å². The molecule has 0 amide bonds. The Bertz CT molecular complexity index is 702. The molecular formula is C19H28N4O2S. The van der Waals surface area contributed by atoms with Crippen molar-refractivity contribution in [1.82, 2.24) is 10.2 Å². The zero-order valence-corrected chi connectivity index (χ0v) is 16.7. The highest BCUT2D eigenvalue weighted by Crippen LogP contribution is 2.27. The Labute approximate surface area is 159 Å². The van der Waals surface area contributed by atoms with E-state index in [1.54, 1.807) is 25.6 Å². The Morgan fingerprint density at radius 2 is 2.00 bits per heavy atom. The second kappa shape index (κ2) is 10.0. The lowest BCUT2D eigenvalue weighted by atomic mass is 10.1. The van der Waals surface area contributed by atoms with Crippen LogP contribution in [-0.4, -0.2) is 52.3 Å². The number of rotatable bonds is 9. The maximum absolute atomic E-state index is 6.02. The van der Waals surface area contributed by atoms with Crippen LogP contribution >= 0.6 is 11.3 Å². The number of likely N-dealkylation sites (N-methyl/N-ethyl adjacent to an activating group) is 1. The Balaban J connectivity index is 1.86.